The van der Waals surface area contributed by atoms with Gasteiger partial charge in [-0.05, 0) is 38.3 Å². The maximum atomic E-state index is 13.5. The Hall–Kier alpha value is -3.45. The minimum atomic E-state index is -6.66. The second-order valence-electron chi connectivity index (χ2n) is 7.48. The first-order chi connectivity index (χ1) is 15.7. The molecule has 2 amide bonds. The number of anilines is 1. The zero-order valence-corrected chi connectivity index (χ0v) is 17.6. The summed E-state index contributed by atoms with van der Waals surface area (Å²) in [6.07, 6.45) is -4.52. The van der Waals surface area contributed by atoms with Crippen LogP contribution in [0.1, 0.15) is 45.8 Å². The number of furan rings is 1. The Bertz CT molecular complexity index is 1160. The van der Waals surface area contributed by atoms with Crippen LogP contribution in [0.25, 0.3) is 0 Å². The van der Waals surface area contributed by atoms with Crippen molar-refractivity contribution in [1.29, 1.82) is 0 Å². The number of rotatable bonds is 5. The van der Waals surface area contributed by atoms with Crippen molar-refractivity contribution in [1.82, 2.24) is 10.4 Å². The van der Waals surface area contributed by atoms with Gasteiger partial charge in [0.1, 0.15) is 11.6 Å². The first-order valence-electron chi connectivity index (χ1n) is 9.73. The molecule has 1 aliphatic rings. The predicted octanol–water partition coefficient (Wildman–Crippen LogP) is 4.53. The molecule has 1 aliphatic carbocycles. The highest BCUT2D eigenvalue weighted by Gasteiger charge is 2.76. The highest BCUT2D eigenvalue weighted by Crippen LogP contribution is 2.46. The summed E-state index contributed by atoms with van der Waals surface area (Å²) in [5, 5.41) is 5.90. The van der Waals surface area contributed by atoms with Crippen molar-refractivity contribution in [3.05, 3.63) is 46.5 Å². The van der Waals surface area contributed by atoms with Crippen LogP contribution in [0.4, 0.5) is 36.6 Å². The molecule has 0 aliphatic heterocycles. The summed E-state index contributed by atoms with van der Waals surface area (Å²) in [6.45, 7) is 3.14. The average molecular weight is 494 g/mol. The number of hydrogen-bond acceptors (Lipinski definition) is 5. The van der Waals surface area contributed by atoms with Gasteiger partial charge in [-0.1, -0.05) is 6.07 Å². The Labute approximate surface area is 187 Å². The predicted molar refractivity (Wildman–Crippen MR) is 104 cm³/mol. The van der Waals surface area contributed by atoms with E-state index in [0.717, 1.165) is 5.43 Å². The molecule has 2 N–H and O–H groups in total. The van der Waals surface area contributed by atoms with Crippen molar-refractivity contribution in [2.75, 3.05) is 5.32 Å². The number of aromatic nitrogens is 1. The minimum Gasteiger partial charge on any atom is -0.455 e. The van der Waals surface area contributed by atoms with Gasteiger partial charge in [-0.25, -0.2) is 10.4 Å². The number of nitrogens with zero attached hydrogens (tertiary/aromatic N) is 2. The van der Waals surface area contributed by atoms with E-state index in [-0.39, 0.29) is 40.6 Å². The fourth-order valence-corrected chi connectivity index (χ4v) is 3.29. The SMILES string of the molecule is Cc1cccnc1NC(=O)c1oc2c(c1C)/C(=N/NC(=O)C(F)(F)C(F)(F)C(F)(F)F)CCC2. The third-order valence-corrected chi connectivity index (χ3v) is 5.10. The van der Waals surface area contributed by atoms with Gasteiger partial charge in [-0.2, -0.15) is 35.8 Å². The van der Waals surface area contributed by atoms with Gasteiger partial charge in [0.15, 0.2) is 5.76 Å². The maximum absolute atomic E-state index is 13.5. The Balaban J connectivity index is 1.86. The molecule has 0 fully saturated rings. The van der Waals surface area contributed by atoms with Crippen molar-refractivity contribution >= 4 is 23.3 Å². The van der Waals surface area contributed by atoms with Crippen molar-refractivity contribution in [2.45, 2.75) is 51.1 Å². The quantitative estimate of drug-likeness (QED) is 0.472. The Kier molecular flexibility index (Phi) is 6.46. The van der Waals surface area contributed by atoms with Gasteiger partial charge >= 0.3 is 23.9 Å². The fraction of sp³-hybridized carbons (Fsp3) is 0.400. The number of carbonyl (C=O) groups excluding carboxylic acids is 2. The van der Waals surface area contributed by atoms with Crippen molar-refractivity contribution < 1.29 is 44.7 Å². The zero-order valence-electron chi connectivity index (χ0n) is 17.6. The number of halogens is 7. The lowest BCUT2D eigenvalue weighted by atomic mass is 9.93. The van der Waals surface area contributed by atoms with E-state index in [1.165, 1.54) is 13.1 Å². The van der Waals surface area contributed by atoms with Crippen molar-refractivity contribution in [3.8, 4) is 0 Å². The molecule has 0 unspecified atom stereocenters. The number of hydrazone groups is 1. The van der Waals surface area contributed by atoms with Crippen LogP contribution in [0, 0.1) is 13.8 Å². The maximum Gasteiger partial charge on any atom is 0.460 e. The highest BCUT2D eigenvalue weighted by molar-refractivity contribution is 6.09. The van der Waals surface area contributed by atoms with Crippen LogP contribution in [0.2, 0.25) is 0 Å². The van der Waals surface area contributed by atoms with E-state index in [2.05, 4.69) is 15.4 Å². The molecule has 7 nitrogen and oxygen atoms in total. The smallest absolute Gasteiger partial charge is 0.455 e. The summed E-state index contributed by atoms with van der Waals surface area (Å²) >= 11 is 0. The minimum absolute atomic E-state index is 0.0509. The summed E-state index contributed by atoms with van der Waals surface area (Å²) in [4.78, 5) is 28.2. The monoisotopic (exact) mass is 494 g/mol. The molecule has 0 saturated carbocycles. The molecule has 3 rings (SSSR count). The first kappa shape index (κ1) is 25.2. The molecule has 34 heavy (non-hydrogen) atoms. The van der Waals surface area contributed by atoms with Gasteiger partial charge in [0.25, 0.3) is 5.91 Å². The van der Waals surface area contributed by atoms with E-state index in [0.29, 0.717) is 18.4 Å². The molecule has 0 atom stereocenters. The summed E-state index contributed by atoms with van der Waals surface area (Å²) < 4.78 is 95.7. The summed E-state index contributed by atoms with van der Waals surface area (Å²) in [5.41, 5.74) is 2.01. The molecule has 0 aromatic carbocycles. The van der Waals surface area contributed by atoms with E-state index < -0.39 is 29.8 Å². The number of hydrogen-bond donors (Lipinski definition) is 2. The lowest BCUT2D eigenvalue weighted by Crippen LogP contribution is -2.58. The van der Waals surface area contributed by atoms with Gasteiger partial charge in [0, 0.05) is 23.7 Å². The Morgan fingerprint density at radius 1 is 1.09 bits per heavy atom. The van der Waals surface area contributed by atoms with Crippen LogP contribution in [-0.2, 0) is 11.2 Å². The van der Waals surface area contributed by atoms with Crippen molar-refractivity contribution in [3.63, 3.8) is 0 Å². The number of amides is 2. The van der Waals surface area contributed by atoms with Crippen LogP contribution in [-0.4, -0.2) is 40.5 Å². The van der Waals surface area contributed by atoms with Crippen LogP contribution in [0.5, 0.6) is 0 Å². The molecule has 2 heterocycles. The van der Waals surface area contributed by atoms with E-state index >= 15 is 0 Å². The Morgan fingerprint density at radius 3 is 2.38 bits per heavy atom. The number of nitrogens with one attached hydrogen (secondary N) is 2. The number of carbonyl (C=O) groups is 2. The summed E-state index contributed by atoms with van der Waals surface area (Å²) in [7, 11) is 0. The number of fused-ring (bicyclic) bond motifs is 1. The molecule has 184 valence electrons. The van der Waals surface area contributed by atoms with Crippen LogP contribution < -0.4 is 10.7 Å². The number of pyridine rings is 1. The van der Waals surface area contributed by atoms with Crippen LogP contribution >= 0.6 is 0 Å². The largest absolute Gasteiger partial charge is 0.460 e. The van der Waals surface area contributed by atoms with E-state index in [1.54, 1.807) is 19.1 Å². The van der Waals surface area contributed by atoms with Gasteiger partial charge in [0.2, 0.25) is 0 Å². The van der Waals surface area contributed by atoms with Crippen LogP contribution in [0.15, 0.2) is 27.8 Å². The molecule has 0 bridgehead atoms. The van der Waals surface area contributed by atoms with E-state index in [1.807, 2.05) is 0 Å². The lowest BCUT2D eigenvalue weighted by molar-refractivity contribution is -0.344. The van der Waals surface area contributed by atoms with Gasteiger partial charge in [-0.15, -0.1) is 0 Å². The fourth-order valence-electron chi connectivity index (χ4n) is 3.29. The lowest BCUT2D eigenvalue weighted by Gasteiger charge is -2.26. The summed E-state index contributed by atoms with van der Waals surface area (Å²) in [6, 6.07) is 3.36. The normalized spacial score (nSPS) is 15.7. The first-order valence-corrected chi connectivity index (χ1v) is 9.73. The molecular formula is C20H17F7N4O3. The second-order valence-corrected chi connectivity index (χ2v) is 7.48. The van der Waals surface area contributed by atoms with Gasteiger partial charge in [0.05, 0.1) is 5.71 Å². The molecule has 14 heteroatoms. The number of aryl methyl sites for hydroxylation is 2. The Morgan fingerprint density at radius 2 is 1.76 bits per heavy atom. The highest BCUT2D eigenvalue weighted by atomic mass is 19.4. The molecule has 2 aromatic rings. The molecular weight excluding hydrogens is 477 g/mol. The zero-order chi connectivity index (χ0) is 25.5. The van der Waals surface area contributed by atoms with E-state index in [9.17, 15) is 40.3 Å². The second kappa shape index (κ2) is 8.72. The third-order valence-electron chi connectivity index (χ3n) is 5.10. The molecule has 2 aromatic heterocycles. The van der Waals surface area contributed by atoms with E-state index in [4.69, 9.17) is 4.42 Å². The average Bonchev–Trinajstić information content (AvgIpc) is 3.10. The standard InChI is InChI=1S/C20H17F7N4O3/c1-9-5-4-8-28-15(9)29-16(32)14-10(2)13-11(6-3-7-12(13)34-14)30-31-17(33)18(21,22)19(23,24)20(25,26)27/h4-5,8H,3,6-7H2,1-2H3,(H,31,33)(H,28,29,32)/b30-11+. The molecule has 0 saturated heterocycles. The van der Waals surface area contributed by atoms with Gasteiger partial charge < -0.3 is 9.73 Å². The molecule has 0 radical (unpaired) electrons. The van der Waals surface area contributed by atoms with Crippen LogP contribution in [0.3, 0.4) is 0 Å². The van der Waals surface area contributed by atoms with Crippen molar-refractivity contribution in [2.24, 2.45) is 5.10 Å². The number of alkyl halides is 7. The van der Waals surface area contributed by atoms with Gasteiger partial charge in [-0.3, -0.25) is 9.59 Å². The third kappa shape index (κ3) is 4.35. The molecule has 0 spiro atoms. The summed E-state index contributed by atoms with van der Waals surface area (Å²) in [5.74, 6) is -16.0. The topological polar surface area (TPSA) is 96.6 Å².